The molecule has 1 amide bonds. The van der Waals surface area contributed by atoms with Crippen LogP contribution in [0.15, 0.2) is 65.4 Å². The molecule has 0 saturated carbocycles. The number of anilines is 1. The summed E-state index contributed by atoms with van der Waals surface area (Å²) in [6, 6.07) is 15.5. The molecule has 1 heterocycles. The number of carbonyl (C=O) groups is 1. The fourth-order valence-electron chi connectivity index (χ4n) is 2.06. The zero-order valence-electron chi connectivity index (χ0n) is 10.5. The largest absolute Gasteiger partial charge is 0.321 e. The molecular formula is C16H11BrN2O. The van der Waals surface area contributed by atoms with Crippen molar-refractivity contribution in [1.29, 1.82) is 0 Å². The first-order valence-electron chi connectivity index (χ1n) is 6.14. The predicted molar refractivity (Wildman–Crippen MR) is 83.8 cm³/mol. The van der Waals surface area contributed by atoms with Crippen LogP contribution in [0, 0.1) is 0 Å². The maximum Gasteiger partial charge on any atom is 0.257 e. The summed E-state index contributed by atoms with van der Waals surface area (Å²) in [5, 5.41) is 5.04. The number of halogens is 1. The molecule has 0 aliphatic heterocycles. The normalized spacial score (nSPS) is 10.4. The van der Waals surface area contributed by atoms with Gasteiger partial charge in [0.1, 0.15) is 0 Å². The fraction of sp³-hybridized carbons (Fsp3) is 0. The highest BCUT2D eigenvalue weighted by molar-refractivity contribution is 9.10. The molecule has 20 heavy (non-hydrogen) atoms. The van der Waals surface area contributed by atoms with Crippen molar-refractivity contribution in [2.45, 2.75) is 0 Å². The molecule has 0 saturated heterocycles. The first kappa shape index (κ1) is 12.8. The topological polar surface area (TPSA) is 42.0 Å². The predicted octanol–water partition coefficient (Wildman–Crippen LogP) is 4.25. The van der Waals surface area contributed by atoms with Gasteiger partial charge in [-0.15, -0.1) is 0 Å². The number of carbonyl (C=O) groups excluding carboxylic acids is 1. The van der Waals surface area contributed by atoms with Gasteiger partial charge in [0, 0.05) is 27.9 Å². The molecule has 0 spiro atoms. The van der Waals surface area contributed by atoms with Gasteiger partial charge in [-0.05, 0) is 33.4 Å². The van der Waals surface area contributed by atoms with E-state index >= 15 is 0 Å². The quantitative estimate of drug-likeness (QED) is 0.764. The molecule has 2 aromatic carbocycles. The van der Waals surface area contributed by atoms with Crippen molar-refractivity contribution in [2.24, 2.45) is 0 Å². The molecule has 0 bridgehead atoms. The minimum atomic E-state index is -0.171. The van der Waals surface area contributed by atoms with E-state index in [1.807, 2.05) is 42.5 Å². The first-order chi connectivity index (χ1) is 9.74. The van der Waals surface area contributed by atoms with E-state index < -0.39 is 0 Å². The van der Waals surface area contributed by atoms with Crippen LogP contribution in [0.2, 0.25) is 0 Å². The Morgan fingerprint density at radius 1 is 1.05 bits per heavy atom. The van der Waals surface area contributed by atoms with Gasteiger partial charge in [0.25, 0.3) is 5.91 Å². The maximum atomic E-state index is 12.2. The number of fused-ring (bicyclic) bond motifs is 1. The van der Waals surface area contributed by atoms with Crippen LogP contribution in [0.5, 0.6) is 0 Å². The van der Waals surface area contributed by atoms with Crippen LogP contribution < -0.4 is 5.32 Å². The highest BCUT2D eigenvalue weighted by Gasteiger charge is 2.08. The van der Waals surface area contributed by atoms with Gasteiger partial charge in [-0.25, -0.2) is 0 Å². The molecule has 3 aromatic rings. The van der Waals surface area contributed by atoms with Gasteiger partial charge in [-0.1, -0.05) is 36.4 Å². The molecule has 0 fully saturated rings. The summed E-state index contributed by atoms with van der Waals surface area (Å²) in [7, 11) is 0. The smallest absolute Gasteiger partial charge is 0.257 e. The summed E-state index contributed by atoms with van der Waals surface area (Å²) in [6.45, 7) is 0. The number of hydrogen-bond acceptors (Lipinski definition) is 2. The first-order valence-corrected chi connectivity index (χ1v) is 6.93. The Kier molecular flexibility index (Phi) is 3.48. The van der Waals surface area contributed by atoms with Crippen LogP contribution in [-0.4, -0.2) is 10.9 Å². The van der Waals surface area contributed by atoms with Crippen LogP contribution in [0.4, 0.5) is 5.69 Å². The van der Waals surface area contributed by atoms with E-state index in [2.05, 4.69) is 26.2 Å². The highest BCUT2D eigenvalue weighted by atomic mass is 79.9. The van der Waals surface area contributed by atoms with Crippen molar-refractivity contribution in [3.8, 4) is 0 Å². The van der Waals surface area contributed by atoms with Gasteiger partial charge < -0.3 is 5.32 Å². The van der Waals surface area contributed by atoms with Gasteiger partial charge in [0.2, 0.25) is 0 Å². The molecule has 1 N–H and O–H groups in total. The lowest BCUT2D eigenvalue weighted by atomic mass is 10.1. The van der Waals surface area contributed by atoms with Crippen LogP contribution in [0.1, 0.15) is 10.4 Å². The average Bonchev–Trinajstić information content (AvgIpc) is 2.47. The van der Waals surface area contributed by atoms with E-state index in [1.165, 1.54) is 0 Å². The standard InChI is InChI=1S/C16H11BrN2O/c17-13-8-12(9-18-10-13)16(20)19-15-7-3-5-11-4-1-2-6-14(11)15/h1-10H,(H,19,20). The third-order valence-corrected chi connectivity index (χ3v) is 3.44. The van der Waals surface area contributed by atoms with Crippen molar-refractivity contribution in [3.63, 3.8) is 0 Å². The Morgan fingerprint density at radius 3 is 2.70 bits per heavy atom. The zero-order chi connectivity index (χ0) is 13.9. The minimum Gasteiger partial charge on any atom is -0.321 e. The Hall–Kier alpha value is -2.20. The molecule has 0 atom stereocenters. The van der Waals surface area contributed by atoms with Gasteiger partial charge in [0.05, 0.1) is 5.56 Å². The maximum absolute atomic E-state index is 12.2. The van der Waals surface area contributed by atoms with E-state index in [1.54, 1.807) is 18.5 Å². The van der Waals surface area contributed by atoms with Gasteiger partial charge in [0.15, 0.2) is 0 Å². The Bertz CT molecular complexity index is 781. The lowest BCUT2D eigenvalue weighted by molar-refractivity contribution is 0.102. The molecule has 0 aliphatic rings. The average molecular weight is 327 g/mol. The number of rotatable bonds is 2. The summed E-state index contributed by atoms with van der Waals surface area (Å²) in [5.41, 5.74) is 1.32. The third kappa shape index (κ3) is 2.56. The second-order valence-corrected chi connectivity index (χ2v) is 5.29. The Balaban J connectivity index is 1.95. The van der Waals surface area contributed by atoms with Crippen molar-refractivity contribution < 1.29 is 4.79 Å². The number of nitrogens with zero attached hydrogens (tertiary/aromatic N) is 1. The summed E-state index contributed by atoms with van der Waals surface area (Å²) in [5.74, 6) is -0.171. The Labute approximate surface area is 124 Å². The minimum absolute atomic E-state index is 0.171. The molecule has 0 radical (unpaired) electrons. The second-order valence-electron chi connectivity index (χ2n) is 4.37. The number of amides is 1. The molecule has 4 heteroatoms. The van der Waals surface area contributed by atoms with Crippen LogP contribution in [-0.2, 0) is 0 Å². The van der Waals surface area contributed by atoms with Crippen molar-refractivity contribution in [1.82, 2.24) is 4.98 Å². The number of hydrogen-bond donors (Lipinski definition) is 1. The number of aromatic nitrogens is 1. The summed E-state index contributed by atoms with van der Waals surface area (Å²) >= 11 is 3.31. The monoisotopic (exact) mass is 326 g/mol. The lowest BCUT2D eigenvalue weighted by Gasteiger charge is -2.08. The molecule has 1 aromatic heterocycles. The third-order valence-electron chi connectivity index (χ3n) is 3.00. The van der Waals surface area contributed by atoms with E-state index in [-0.39, 0.29) is 5.91 Å². The van der Waals surface area contributed by atoms with E-state index in [0.717, 1.165) is 20.9 Å². The molecule has 3 rings (SSSR count). The van der Waals surface area contributed by atoms with Crippen molar-refractivity contribution in [2.75, 3.05) is 5.32 Å². The molecule has 98 valence electrons. The van der Waals surface area contributed by atoms with Crippen LogP contribution in [0.3, 0.4) is 0 Å². The van der Waals surface area contributed by atoms with Gasteiger partial charge in [-0.3, -0.25) is 9.78 Å². The summed E-state index contributed by atoms with van der Waals surface area (Å²) in [4.78, 5) is 16.2. The van der Waals surface area contributed by atoms with Crippen LogP contribution in [0.25, 0.3) is 10.8 Å². The molecule has 0 aliphatic carbocycles. The molecule has 3 nitrogen and oxygen atoms in total. The van der Waals surface area contributed by atoms with E-state index in [4.69, 9.17) is 0 Å². The number of benzene rings is 2. The highest BCUT2D eigenvalue weighted by Crippen LogP contribution is 2.23. The van der Waals surface area contributed by atoms with Gasteiger partial charge >= 0.3 is 0 Å². The van der Waals surface area contributed by atoms with E-state index in [0.29, 0.717) is 5.56 Å². The van der Waals surface area contributed by atoms with Crippen molar-refractivity contribution in [3.05, 3.63) is 71.0 Å². The van der Waals surface area contributed by atoms with E-state index in [9.17, 15) is 4.79 Å². The molecular weight excluding hydrogens is 316 g/mol. The second kappa shape index (κ2) is 5.43. The van der Waals surface area contributed by atoms with Crippen LogP contribution >= 0.6 is 15.9 Å². The molecule has 0 unspecified atom stereocenters. The summed E-state index contributed by atoms with van der Waals surface area (Å²) < 4.78 is 0.781. The summed E-state index contributed by atoms with van der Waals surface area (Å²) in [6.07, 6.45) is 3.19. The van der Waals surface area contributed by atoms with Crippen molar-refractivity contribution >= 4 is 38.3 Å². The Morgan fingerprint density at radius 2 is 1.85 bits per heavy atom. The lowest BCUT2D eigenvalue weighted by Crippen LogP contribution is -2.12. The zero-order valence-corrected chi connectivity index (χ0v) is 12.1. The number of pyridine rings is 1. The SMILES string of the molecule is O=C(Nc1cccc2ccccc12)c1cncc(Br)c1. The van der Waals surface area contributed by atoms with Gasteiger partial charge in [-0.2, -0.15) is 0 Å². The fourth-order valence-corrected chi connectivity index (χ4v) is 2.43. The number of nitrogens with one attached hydrogen (secondary N) is 1.